The lowest BCUT2D eigenvalue weighted by atomic mass is 9.96. The molecule has 2 rings (SSSR count). The first-order valence-corrected chi connectivity index (χ1v) is 6.24. The van der Waals surface area contributed by atoms with Crippen LogP contribution in [0.15, 0.2) is 24.3 Å². The molecule has 1 N–H and O–H groups in total. The second-order valence-corrected chi connectivity index (χ2v) is 4.91. The standard InChI is InChI=1S/C14H20N2O/c1-4-5-10-14(2)15-12-9-7-6-8-11(12)13(17)16(14)3/h6-9,15H,4-5,10H2,1-3H3. The Morgan fingerprint density at radius 1 is 1.35 bits per heavy atom. The Morgan fingerprint density at radius 2 is 2.06 bits per heavy atom. The van der Waals surface area contributed by atoms with E-state index >= 15 is 0 Å². The molecule has 0 aliphatic carbocycles. The number of amides is 1. The third kappa shape index (κ3) is 2.02. The van der Waals surface area contributed by atoms with E-state index in [0.29, 0.717) is 0 Å². The SMILES string of the molecule is CCCCC1(C)Nc2ccccc2C(=O)N1C. The van der Waals surface area contributed by atoms with Crippen LogP contribution in [0.3, 0.4) is 0 Å². The van der Waals surface area contributed by atoms with Crippen molar-refractivity contribution < 1.29 is 4.79 Å². The van der Waals surface area contributed by atoms with Gasteiger partial charge in [-0.1, -0.05) is 25.5 Å². The summed E-state index contributed by atoms with van der Waals surface area (Å²) in [6.07, 6.45) is 3.23. The van der Waals surface area contributed by atoms with E-state index in [1.54, 1.807) is 0 Å². The fourth-order valence-corrected chi connectivity index (χ4v) is 2.31. The van der Waals surface area contributed by atoms with Crippen LogP contribution in [0.1, 0.15) is 43.5 Å². The first-order chi connectivity index (χ1) is 8.08. The highest BCUT2D eigenvalue weighted by molar-refractivity contribution is 6.01. The molecule has 3 heteroatoms. The molecular formula is C14H20N2O. The number of rotatable bonds is 3. The summed E-state index contributed by atoms with van der Waals surface area (Å²) in [6.45, 7) is 4.26. The number of hydrogen-bond acceptors (Lipinski definition) is 2. The van der Waals surface area contributed by atoms with Gasteiger partial charge in [0.05, 0.1) is 5.56 Å². The van der Waals surface area contributed by atoms with Crippen LogP contribution in [0.2, 0.25) is 0 Å². The van der Waals surface area contributed by atoms with Gasteiger partial charge < -0.3 is 10.2 Å². The summed E-state index contributed by atoms with van der Waals surface area (Å²) < 4.78 is 0. The van der Waals surface area contributed by atoms with Gasteiger partial charge in [-0.15, -0.1) is 0 Å². The van der Waals surface area contributed by atoms with E-state index in [1.165, 1.54) is 0 Å². The molecular weight excluding hydrogens is 212 g/mol. The Morgan fingerprint density at radius 3 is 2.76 bits per heavy atom. The maximum Gasteiger partial charge on any atom is 0.257 e. The number of fused-ring (bicyclic) bond motifs is 1. The Hall–Kier alpha value is -1.51. The molecule has 0 saturated carbocycles. The lowest BCUT2D eigenvalue weighted by Crippen LogP contribution is -2.56. The Bertz CT molecular complexity index is 430. The van der Waals surface area contributed by atoms with Crippen LogP contribution in [-0.4, -0.2) is 23.5 Å². The van der Waals surface area contributed by atoms with Crippen molar-refractivity contribution in [2.24, 2.45) is 0 Å². The summed E-state index contributed by atoms with van der Waals surface area (Å²) in [4.78, 5) is 14.1. The first kappa shape index (κ1) is 12.0. The molecule has 0 fully saturated rings. The highest BCUT2D eigenvalue weighted by Gasteiger charge is 2.37. The number of para-hydroxylation sites is 1. The van der Waals surface area contributed by atoms with Crippen molar-refractivity contribution in [2.75, 3.05) is 12.4 Å². The highest BCUT2D eigenvalue weighted by atomic mass is 16.2. The van der Waals surface area contributed by atoms with E-state index in [2.05, 4.69) is 19.2 Å². The summed E-state index contributed by atoms with van der Waals surface area (Å²) in [6, 6.07) is 7.72. The van der Waals surface area contributed by atoms with Gasteiger partial charge in [-0.2, -0.15) is 0 Å². The molecule has 1 aliphatic rings. The zero-order valence-electron chi connectivity index (χ0n) is 10.8. The minimum Gasteiger partial charge on any atom is -0.362 e. The molecule has 0 spiro atoms. The number of nitrogens with zero attached hydrogens (tertiary/aromatic N) is 1. The van der Waals surface area contributed by atoms with Gasteiger partial charge in [0, 0.05) is 12.7 Å². The number of benzene rings is 1. The Balaban J connectivity index is 2.33. The molecule has 1 unspecified atom stereocenters. The first-order valence-electron chi connectivity index (χ1n) is 6.24. The lowest BCUT2D eigenvalue weighted by Gasteiger charge is -2.44. The summed E-state index contributed by atoms with van der Waals surface area (Å²) in [5, 5.41) is 3.49. The fraction of sp³-hybridized carbons (Fsp3) is 0.500. The molecule has 1 aromatic rings. The van der Waals surface area contributed by atoms with Gasteiger partial charge in [0.1, 0.15) is 5.66 Å². The van der Waals surface area contributed by atoms with Crippen molar-refractivity contribution in [1.29, 1.82) is 0 Å². The second kappa shape index (κ2) is 4.40. The Kier molecular flexibility index (Phi) is 3.09. The van der Waals surface area contributed by atoms with Crippen molar-refractivity contribution in [3.63, 3.8) is 0 Å². The summed E-state index contributed by atoms with van der Waals surface area (Å²) >= 11 is 0. The predicted molar refractivity (Wildman–Crippen MR) is 70.1 cm³/mol. The Labute approximate surface area is 103 Å². The molecule has 1 aliphatic heterocycles. The number of hydrogen-bond donors (Lipinski definition) is 1. The van der Waals surface area contributed by atoms with Gasteiger partial charge >= 0.3 is 0 Å². The molecule has 0 bridgehead atoms. The average Bonchev–Trinajstić information content (AvgIpc) is 2.34. The van der Waals surface area contributed by atoms with Crippen molar-refractivity contribution in [3.05, 3.63) is 29.8 Å². The monoisotopic (exact) mass is 232 g/mol. The van der Waals surface area contributed by atoms with Crippen LogP contribution >= 0.6 is 0 Å². The molecule has 1 amide bonds. The van der Waals surface area contributed by atoms with E-state index in [9.17, 15) is 4.79 Å². The van der Waals surface area contributed by atoms with E-state index < -0.39 is 0 Å². The second-order valence-electron chi connectivity index (χ2n) is 4.91. The van der Waals surface area contributed by atoms with E-state index in [0.717, 1.165) is 30.5 Å². The molecule has 0 radical (unpaired) electrons. The third-order valence-corrected chi connectivity index (χ3v) is 3.62. The molecule has 0 saturated heterocycles. The van der Waals surface area contributed by atoms with Gasteiger partial charge in [0.25, 0.3) is 5.91 Å². The van der Waals surface area contributed by atoms with E-state index in [-0.39, 0.29) is 11.6 Å². The molecule has 0 aromatic heterocycles. The third-order valence-electron chi connectivity index (χ3n) is 3.62. The average molecular weight is 232 g/mol. The zero-order valence-corrected chi connectivity index (χ0v) is 10.8. The predicted octanol–water partition coefficient (Wildman–Crippen LogP) is 3.09. The fourth-order valence-electron chi connectivity index (χ4n) is 2.31. The number of unbranched alkanes of at least 4 members (excludes halogenated alkanes) is 1. The molecule has 1 heterocycles. The van der Waals surface area contributed by atoms with Gasteiger partial charge in [0.2, 0.25) is 0 Å². The topological polar surface area (TPSA) is 32.3 Å². The lowest BCUT2D eigenvalue weighted by molar-refractivity contribution is 0.0601. The number of carbonyl (C=O) groups is 1. The van der Waals surface area contributed by atoms with Crippen LogP contribution in [0.25, 0.3) is 0 Å². The highest BCUT2D eigenvalue weighted by Crippen LogP contribution is 2.32. The molecule has 1 aromatic carbocycles. The summed E-state index contributed by atoms with van der Waals surface area (Å²) in [5.74, 6) is 0.109. The van der Waals surface area contributed by atoms with Crippen molar-refractivity contribution in [3.8, 4) is 0 Å². The largest absolute Gasteiger partial charge is 0.362 e. The van der Waals surface area contributed by atoms with Crippen LogP contribution in [0.4, 0.5) is 5.69 Å². The zero-order chi connectivity index (χ0) is 12.5. The maximum atomic E-state index is 12.3. The minimum absolute atomic E-state index is 0.109. The van der Waals surface area contributed by atoms with Crippen LogP contribution < -0.4 is 5.32 Å². The minimum atomic E-state index is -0.262. The van der Waals surface area contributed by atoms with Gasteiger partial charge in [-0.3, -0.25) is 4.79 Å². The van der Waals surface area contributed by atoms with Gasteiger partial charge in [-0.25, -0.2) is 0 Å². The quantitative estimate of drug-likeness (QED) is 0.868. The van der Waals surface area contributed by atoms with Crippen molar-refractivity contribution >= 4 is 11.6 Å². The van der Waals surface area contributed by atoms with Gasteiger partial charge in [0.15, 0.2) is 0 Å². The molecule has 1 atom stereocenters. The molecule has 92 valence electrons. The molecule has 17 heavy (non-hydrogen) atoms. The number of nitrogens with one attached hydrogen (secondary N) is 1. The van der Waals surface area contributed by atoms with Crippen molar-refractivity contribution in [2.45, 2.75) is 38.8 Å². The smallest absolute Gasteiger partial charge is 0.257 e. The van der Waals surface area contributed by atoms with Crippen LogP contribution in [0.5, 0.6) is 0 Å². The van der Waals surface area contributed by atoms with E-state index in [4.69, 9.17) is 0 Å². The molecule has 3 nitrogen and oxygen atoms in total. The van der Waals surface area contributed by atoms with Gasteiger partial charge in [-0.05, 0) is 31.9 Å². The van der Waals surface area contributed by atoms with Crippen LogP contribution in [0, 0.1) is 0 Å². The van der Waals surface area contributed by atoms with Crippen LogP contribution in [-0.2, 0) is 0 Å². The maximum absolute atomic E-state index is 12.3. The summed E-state index contributed by atoms with van der Waals surface area (Å²) in [7, 11) is 1.88. The number of carbonyl (C=O) groups excluding carboxylic acids is 1. The van der Waals surface area contributed by atoms with E-state index in [1.807, 2.05) is 36.2 Å². The summed E-state index contributed by atoms with van der Waals surface area (Å²) in [5.41, 5.74) is 1.46. The normalized spacial score (nSPS) is 23.2. The number of anilines is 1. The van der Waals surface area contributed by atoms with Crippen molar-refractivity contribution in [1.82, 2.24) is 4.90 Å².